The van der Waals surface area contributed by atoms with Gasteiger partial charge in [0, 0.05) is 5.56 Å². The lowest BCUT2D eigenvalue weighted by molar-refractivity contribution is 0.0503. The molecule has 3 N–H and O–H groups in total. The zero-order chi connectivity index (χ0) is 19.5. The third kappa shape index (κ3) is 4.90. The van der Waals surface area contributed by atoms with Gasteiger partial charge in [-0.25, -0.2) is 13.6 Å². The van der Waals surface area contributed by atoms with E-state index in [1.54, 1.807) is 32.9 Å². The van der Waals surface area contributed by atoms with Crippen LogP contribution in [0.5, 0.6) is 0 Å². The maximum atomic E-state index is 12.5. The Morgan fingerprint density at radius 1 is 1.35 bits per heavy atom. The number of alkyl halides is 2. The third-order valence-electron chi connectivity index (χ3n) is 3.73. The van der Waals surface area contributed by atoms with E-state index in [0.29, 0.717) is 12.8 Å². The molecule has 0 saturated carbocycles. The second-order valence-electron chi connectivity index (χ2n) is 6.89. The predicted molar refractivity (Wildman–Crippen MR) is 89.6 cm³/mol. The van der Waals surface area contributed by atoms with E-state index in [4.69, 9.17) is 9.94 Å². The molecule has 1 aromatic carbocycles. The molecule has 2 amide bonds. The quantitative estimate of drug-likeness (QED) is 0.330. The lowest BCUT2D eigenvalue weighted by atomic mass is 10.0. The standard InChI is InChI=1S/C17H21F2N3O4/c1-17(2,3)26-16(24)20-12-7-5-9-8-10(4-6-11(9)12)15(23)21-14(22-25)13(18)19/h4,6,8,12-13,25H,5,7H2,1-3H3,(H,20,24)(H,21,22,23)/t12-/m1/s1. The molecule has 0 aromatic heterocycles. The molecule has 0 radical (unpaired) electrons. The number of hydrogen-bond donors (Lipinski definition) is 3. The summed E-state index contributed by atoms with van der Waals surface area (Å²) in [6, 6.07) is 4.45. The van der Waals surface area contributed by atoms with Crippen molar-refractivity contribution in [1.29, 1.82) is 0 Å². The Hall–Kier alpha value is -2.71. The minimum Gasteiger partial charge on any atom is -0.444 e. The molecule has 1 aromatic rings. The Morgan fingerprint density at radius 2 is 2.04 bits per heavy atom. The van der Waals surface area contributed by atoms with Gasteiger partial charge in [0.05, 0.1) is 6.04 Å². The maximum Gasteiger partial charge on any atom is 0.408 e. The van der Waals surface area contributed by atoms with Crippen molar-refractivity contribution in [2.75, 3.05) is 0 Å². The zero-order valence-corrected chi connectivity index (χ0v) is 14.7. The Morgan fingerprint density at radius 3 is 2.62 bits per heavy atom. The third-order valence-corrected chi connectivity index (χ3v) is 3.73. The fourth-order valence-corrected chi connectivity index (χ4v) is 2.67. The molecule has 0 saturated heterocycles. The van der Waals surface area contributed by atoms with Gasteiger partial charge in [0.25, 0.3) is 12.3 Å². The highest BCUT2D eigenvalue weighted by Gasteiger charge is 2.27. The molecule has 2 rings (SSSR count). The molecule has 1 aliphatic carbocycles. The van der Waals surface area contributed by atoms with Gasteiger partial charge >= 0.3 is 6.09 Å². The van der Waals surface area contributed by atoms with Crippen LogP contribution < -0.4 is 10.6 Å². The number of amidine groups is 1. The first-order valence-electron chi connectivity index (χ1n) is 8.04. The molecule has 0 heterocycles. The van der Waals surface area contributed by atoms with E-state index < -0.39 is 29.9 Å². The van der Waals surface area contributed by atoms with Gasteiger partial charge in [0.1, 0.15) is 5.60 Å². The number of oxime groups is 1. The fraction of sp³-hybridized carbons (Fsp3) is 0.471. The Labute approximate surface area is 149 Å². The smallest absolute Gasteiger partial charge is 0.408 e. The number of alkyl carbamates (subject to hydrolysis) is 1. The average Bonchev–Trinajstić information content (AvgIpc) is 2.92. The van der Waals surface area contributed by atoms with Crippen molar-refractivity contribution < 1.29 is 28.3 Å². The van der Waals surface area contributed by atoms with Crippen LogP contribution >= 0.6 is 0 Å². The van der Waals surface area contributed by atoms with E-state index in [0.717, 1.165) is 11.1 Å². The molecule has 0 spiro atoms. The second kappa shape index (κ2) is 7.67. The van der Waals surface area contributed by atoms with Gasteiger partial charge in [0.2, 0.25) is 5.84 Å². The number of ether oxygens (including phenoxy) is 1. The Balaban J connectivity index is 2.08. The van der Waals surface area contributed by atoms with Crippen molar-refractivity contribution in [3.05, 3.63) is 34.9 Å². The van der Waals surface area contributed by atoms with Crippen molar-refractivity contribution in [3.8, 4) is 0 Å². The van der Waals surface area contributed by atoms with E-state index in [2.05, 4.69) is 10.5 Å². The number of nitrogens with zero attached hydrogens (tertiary/aromatic N) is 1. The second-order valence-corrected chi connectivity index (χ2v) is 6.89. The summed E-state index contributed by atoms with van der Waals surface area (Å²) in [4.78, 5) is 23.9. The average molecular weight is 369 g/mol. The molecule has 0 fully saturated rings. The van der Waals surface area contributed by atoms with Gasteiger partial charge in [-0.05, 0) is 56.9 Å². The molecular weight excluding hydrogens is 348 g/mol. The van der Waals surface area contributed by atoms with Crippen LogP contribution in [0.4, 0.5) is 13.6 Å². The number of halogens is 2. The number of benzene rings is 1. The number of aryl methyl sites for hydroxylation is 1. The SMILES string of the molecule is CC(C)(C)OC(=O)N[C@@H]1CCc2cc(C(=O)N/C(=N\O)C(F)F)ccc21. The van der Waals surface area contributed by atoms with E-state index >= 15 is 0 Å². The molecule has 0 unspecified atom stereocenters. The summed E-state index contributed by atoms with van der Waals surface area (Å²) in [5.41, 5.74) is 1.23. The minimum atomic E-state index is -3.10. The minimum absolute atomic E-state index is 0.156. The van der Waals surface area contributed by atoms with Crippen LogP contribution in [0.2, 0.25) is 0 Å². The van der Waals surface area contributed by atoms with Gasteiger partial charge in [-0.3, -0.25) is 4.79 Å². The summed E-state index contributed by atoms with van der Waals surface area (Å²) in [6.07, 6.45) is -2.37. The largest absolute Gasteiger partial charge is 0.444 e. The van der Waals surface area contributed by atoms with Crippen molar-refractivity contribution in [1.82, 2.24) is 10.6 Å². The van der Waals surface area contributed by atoms with E-state index in [9.17, 15) is 18.4 Å². The van der Waals surface area contributed by atoms with E-state index in [1.807, 2.05) is 5.32 Å². The molecule has 142 valence electrons. The van der Waals surface area contributed by atoms with Gasteiger partial charge in [-0.1, -0.05) is 11.2 Å². The highest BCUT2D eigenvalue weighted by atomic mass is 19.3. The van der Waals surface area contributed by atoms with Crippen molar-refractivity contribution in [2.45, 2.75) is 51.7 Å². The molecule has 1 aliphatic rings. The summed E-state index contributed by atoms with van der Waals surface area (Å²) < 4.78 is 30.3. The lowest BCUT2D eigenvalue weighted by Crippen LogP contribution is -2.35. The van der Waals surface area contributed by atoms with E-state index in [-0.39, 0.29) is 11.6 Å². The molecule has 1 atom stereocenters. The molecular formula is C17H21F2N3O4. The molecule has 9 heteroatoms. The number of carbonyl (C=O) groups excluding carboxylic acids is 2. The summed E-state index contributed by atoms with van der Waals surface area (Å²) >= 11 is 0. The summed E-state index contributed by atoms with van der Waals surface area (Å²) in [5, 5.41) is 15.5. The van der Waals surface area contributed by atoms with Crippen LogP contribution in [-0.2, 0) is 11.2 Å². The number of hydrogen-bond acceptors (Lipinski definition) is 5. The Bertz CT molecular complexity index is 729. The fourth-order valence-electron chi connectivity index (χ4n) is 2.67. The predicted octanol–water partition coefficient (Wildman–Crippen LogP) is 2.98. The first kappa shape index (κ1) is 19.6. The number of carbonyl (C=O) groups is 2. The number of rotatable bonds is 3. The van der Waals surface area contributed by atoms with Crippen molar-refractivity contribution >= 4 is 17.8 Å². The number of nitrogens with one attached hydrogen (secondary N) is 2. The van der Waals surface area contributed by atoms with Crippen molar-refractivity contribution in [2.24, 2.45) is 5.16 Å². The van der Waals surface area contributed by atoms with Crippen LogP contribution in [0.25, 0.3) is 0 Å². The molecule has 26 heavy (non-hydrogen) atoms. The molecule has 0 bridgehead atoms. The summed E-state index contributed by atoms with van der Waals surface area (Å²) in [5.74, 6) is -1.91. The van der Waals surface area contributed by atoms with Gasteiger partial charge in [-0.15, -0.1) is 0 Å². The topological polar surface area (TPSA) is 100 Å². The first-order chi connectivity index (χ1) is 12.1. The van der Waals surface area contributed by atoms with Crippen LogP contribution in [0, 0.1) is 0 Å². The monoisotopic (exact) mass is 369 g/mol. The first-order valence-corrected chi connectivity index (χ1v) is 8.04. The number of amides is 2. The summed E-state index contributed by atoms with van der Waals surface area (Å²) in [6.45, 7) is 5.30. The van der Waals surface area contributed by atoms with Crippen LogP contribution in [0.3, 0.4) is 0 Å². The van der Waals surface area contributed by atoms with Crippen LogP contribution in [0.15, 0.2) is 23.4 Å². The van der Waals surface area contributed by atoms with Gasteiger partial charge < -0.3 is 20.6 Å². The number of fused-ring (bicyclic) bond motifs is 1. The van der Waals surface area contributed by atoms with Crippen LogP contribution in [-0.4, -0.2) is 35.1 Å². The summed E-state index contributed by atoms with van der Waals surface area (Å²) in [7, 11) is 0. The van der Waals surface area contributed by atoms with E-state index in [1.165, 1.54) is 6.07 Å². The Kier molecular flexibility index (Phi) is 5.79. The maximum absolute atomic E-state index is 12.5. The highest BCUT2D eigenvalue weighted by molar-refractivity contribution is 6.07. The highest BCUT2D eigenvalue weighted by Crippen LogP contribution is 2.32. The zero-order valence-electron chi connectivity index (χ0n) is 14.7. The molecule has 0 aliphatic heterocycles. The molecule has 7 nitrogen and oxygen atoms in total. The van der Waals surface area contributed by atoms with Gasteiger partial charge in [-0.2, -0.15) is 0 Å². The normalized spacial score (nSPS) is 17.0. The van der Waals surface area contributed by atoms with Crippen molar-refractivity contribution in [3.63, 3.8) is 0 Å². The van der Waals surface area contributed by atoms with Gasteiger partial charge in [0.15, 0.2) is 0 Å². The lowest BCUT2D eigenvalue weighted by Gasteiger charge is -2.22. The van der Waals surface area contributed by atoms with Crippen LogP contribution in [0.1, 0.15) is 54.7 Å².